The van der Waals surface area contributed by atoms with Crippen LogP contribution in [0.2, 0.25) is 0 Å². The summed E-state index contributed by atoms with van der Waals surface area (Å²) in [5, 5.41) is 20.0. The number of aliphatic hydroxyl groups excluding tert-OH is 1. The van der Waals surface area contributed by atoms with Gasteiger partial charge in [0.25, 0.3) is 0 Å². The van der Waals surface area contributed by atoms with Crippen LogP contribution in [0.3, 0.4) is 0 Å². The van der Waals surface area contributed by atoms with E-state index in [9.17, 15) is 15.2 Å². The van der Waals surface area contributed by atoms with Crippen molar-refractivity contribution in [2.24, 2.45) is 40.4 Å². The Balaban J connectivity index is 1.69. The summed E-state index contributed by atoms with van der Waals surface area (Å²) in [6, 6.07) is 2.50. The van der Waals surface area contributed by atoms with Crippen LogP contribution >= 0.6 is 0 Å². The molecule has 0 aromatic carbocycles. The van der Waals surface area contributed by atoms with Gasteiger partial charge in [0.1, 0.15) is 5.78 Å². The average Bonchev–Trinajstić information content (AvgIpc) is 2.90. The first-order valence-corrected chi connectivity index (χ1v) is 9.98. The maximum Gasteiger partial charge on any atom is 0.137 e. The van der Waals surface area contributed by atoms with E-state index in [0.717, 1.165) is 38.5 Å². The lowest BCUT2D eigenvalue weighted by Gasteiger charge is -2.60. The number of methoxy groups -OCH3 is 1. The molecule has 4 saturated carbocycles. The average molecular weight is 345 g/mol. The number of nitriles is 1. The fourth-order valence-corrected chi connectivity index (χ4v) is 7.53. The standard InChI is InChI=1S/C21H31NO3/c1-20-9-17(24)19-14(15(20)7-5-13(20)11-22)6-4-12-8-16(23)18(25-3)10-21(12,19)2/h12-16,18-19,23H,4-10H2,1-3H3/t12-,13-,14-,15-,16-,18-,19+,20+,21-/m0/s1. The van der Waals surface area contributed by atoms with Gasteiger partial charge in [-0.15, -0.1) is 0 Å². The molecule has 0 amide bonds. The van der Waals surface area contributed by atoms with Crippen LogP contribution in [-0.2, 0) is 9.53 Å². The lowest BCUT2D eigenvalue weighted by molar-refractivity contribution is -0.175. The molecule has 4 aliphatic carbocycles. The molecule has 9 atom stereocenters. The van der Waals surface area contributed by atoms with Gasteiger partial charge in [-0.2, -0.15) is 5.26 Å². The third kappa shape index (κ3) is 2.28. The van der Waals surface area contributed by atoms with Crippen LogP contribution in [-0.4, -0.2) is 30.2 Å². The second kappa shape index (κ2) is 5.79. The molecule has 1 N–H and O–H groups in total. The first-order chi connectivity index (χ1) is 11.8. The summed E-state index contributed by atoms with van der Waals surface area (Å²) in [6.45, 7) is 4.48. The number of hydrogen-bond donors (Lipinski definition) is 1. The first kappa shape index (κ1) is 17.5. The third-order valence-electron chi connectivity index (χ3n) is 8.80. The van der Waals surface area contributed by atoms with E-state index in [1.165, 1.54) is 0 Å². The third-order valence-corrected chi connectivity index (χ3v) is 8.80. The minimum atomic E-state index is -0.405. The number of Topliss-reactive ketones (excluding diaryl/α,β-unsaturated/α-hetero) is 1. The summed E-state index contributed by atoms with van der Waals surface area (Å²) >= 11 is 0. The monoisotopic (exact) mass is 345 g/mol. The highest BCUT2D eigenvalue weighted by atomic mass is 16.5. The number of ether oxygens (including phenoxy) is 1. The van der Waals surface area contributed by atoms with Gasteiger partial charge in [-0.05, 0) is 67.1 Å². The van der Waals surface area contributed by atoms with Gasteiger partial charge >= 0.3 is 0 Å². The van der Waals surface area contributed by atoms with Crippen molar-refractivity contribution in [1.29, 1.82) is 5.26 Å². The van der Waals surface area contributed by atoms with Crippen molar-refractivity contribution in [3.8, 4) is 6.07 Å². The molecule has 4 fully saturated rings. The minimum Gasteiger partial charge on any atom is -0.390 e. The zero-order valence-corrected chi connectivity index (χ0v) is 15.7. The topological polar surface area (TPSA) is 70.3 Å². The highest BCUT2D eigenvalue weighted by Gasteiger charge is 2.64. The van der Waals surface area contributed by atoms with Crippen LogP contribution in [0.1, 0.15) is 58.8 Å². The van der Waals surface area contributed by atoms with Crippen molar-refractivity contribution in [1.82, 2.24) is 0 Å². The molecule has 0 aromatic heterocycles. The Kier molecular flexibility index (Phi) is 4.05. The molecule has 0 spiro atoms. The van der Waals surface area contributed by atoms with Gasteiger partial charge in [0, 0.05) is 19.4 Å². The molecule has 0 unspecified atom stereocenters. The van der Waals surface area contributed by atoms with Gasteiger partial charge in [-0.1, -0.05) is 13.8 Å². The molecule has 0 saturated heterocycles. The Labute approximate surface area is 150 Å². The van der Waals surface area contributed by atoms with Crippen molar-refractivity contribution in [2.75, 3.05) is 7.11 Å². The van der Waals surface area contributed by atoms with E-state index < -0.39 is 6.10 Å². The first-order valence-electron chi connectivity index (χ1n) is 9.98. The van der Waals surface area contributed by atoms with Gasteiger partial charge in [-0.3, -0.25) is 4.79 Å². The second-order valence-corrected chi connectivity index (χ2v) is 9.72. The molecule has 25 heavy (non-hydrogen) atoms. The number of hydrogen-bond acceptors (Lipinski definition) is 4. The van der Waals surface area contributed by atoms with Crippen LogP contribution in [0.4, 0.5) is 0 Å². The number of carbonyl (C=O) groups is 1. The molecule has 0 heterocycles. The Bertz CT molecular complexity index is 613. The molecule has 138 valence electrons. The lowest BCUT2D eigenvalue weighted by atomic mass is 9.44. The van der Waals surface area contributed by atoms with Gasteiger partial charge in [-0.25, -0.2) is 0 Å². The molecule has 0 aromatic rings. The second-order valence-electron chi connectivity index (χ2n) is 9.72. The molecule has 0 aliphatic heterocycles. The predicted octanol–water partition coefficient (Wildman–Crippen LogP) is 3.33. The van der Waals surface area contributed by atoms with E-state index in [1.807, 2.05) is 0 Å². The minimum absolute atomic E-state index is 0.0350. The van der Waals surface area contributed by atoms with Crippen LogP contribution < -0.4 is 0 Å². The van der Waals surface area contributed by atoms with Gasteiger partial charge in [0.2, 0.25) is 0 Å². The largest absolute Gasteiger partial charge is 0.390 e. The summed E-state index contributed by atoms with van der Waals surface area (Å²) in [5.41, 5.74) is -0.184. The maximum absolute atomic E-state index is 13.4. The van der Waals surface area contributed by atoms with Crippen LogP contribution in [0, 0.1) is 51.8 Å². The van der Waals surface area contributed by atoms with Gasteiger partial charge in [0.05, 0.1) is 24.2 Å². The van der Waals surface area contributed by atoms with Crippen LogP contribution in [0.5, 0.6) is 0 Å². The summed E-state index contributed by atoms with van der Waals surface area (Å²) in [6.07, 6.45) is 5.78. The van der Waals surface area contributed by atoms with E-state index in [0.29, 0.717) is 30.0 Å². The zero-order chi connectivity index (χ0) is 18.0. The molecule has 4 nitrogen and oxygen atoms in total. The van der Waals surface area contributed by atoms with Crippen molar-refractivity contribution in [2.45, 2.75) is 71.0 Å². The smallest absolute Gasteiger partial charge is 0.137 e. The lowest BCUT2D eigenvalue weighted by Crippen LogP contribution is -2.59. The number of ketones is 1. The summed E-state index contributed by atoms with van der Waals surface area (Å²) < 4.78 is 5.57. The highest BCUT2D eigenvalue weighted by molar-refractivity contribution is 5.84. The molecular formula is C21H31NO3. The number of aliphatic hydroxyl groups is 1. The molecule has 4 aliphatic rings. The molecule has 4 heteroatoms. The number of carbonyl (C=O) groups excluding carboxylic acids is 1. The maximum atomic E-state index is 13.4. The van der Waals surface area contributed by atoms with Gasteiger partial charge < -0.3 is 9.84 Å². The fourth-order valence-electron chi connectivity index (χ4n) is 7.53. The fraction of sp³-hybridized carbons (Fsp3) is 0.905. The van der Waals surface area contributed by atoms with Crippen LogP contribution in [0.25, 0.3) is 0 Å². The summed E-state index contributed by atoms with van der Waals surface area (Å²) in [5.74, 6) is 1.84. The highest BCUT2D eigenvalue weighted by Crippen LogP contribution is 2.66. The van der Waals surface area contributed by atoms with E-state index in [1.54, 1.807) is 7.11 Å². The number of nitrogens with zero attached hydrogens (tertiary/aromatic N) is 1. The van der Waals surface area contributed by atoms with Crippen LogP contribution in [0.15, 0.2) is 0 Å². The van der Waals surface area contributed by atoms with Crippen molar-refractivity contribution in [3.63, 3.8) is 0 Å². The van der Waals surface area contributed by atoms with Gasteiger partial charge in [0.15, 0.2) is 0 Å². The Morgan fingerprint density at radius 3 is 2.64 bits per heavy atom. The van der Waals surface area contributed by atoms with E-state index >= 15 is 0 Å². The van der Waals surface area contributed by atoms with Crippen molar-refractivity contribution < 1.29 is 14.6 Å². The molecule has 0 bridgehead atoms. The Morgan fingerprint density at radius 2 is 1.96 bits per heavy atom. The molecular weight excluding hydrogens is 314 g/mol. The molecule has 4 rings (SSSR count). The normalized spacial score (nSPS) is 55.0. The quantitative estimate of drug-likeness (QED) is 0.791. The zero-order valence-electron chi connectivity index (χ0n) is 15.7. The van der Waals surface area contributed by atoms with E-state index in [-0.39, 0.29) is 28.8 Å². The van der Waals surface area contributed by atoms with E-state index in [4.69, 9.17) is 4.74 Å². The summed E-state index contributed by atoms with van der Waals surface area (Å²) in [4.78, 5) is 13.4. The van der Waals surface area contributed by atoms with E-state index in [2.05, 4.69) is 19.9 Å². The van der Waals surface area contributed by atoms with Crippen molar-refractivity contribution >= 4 is 5.78 Å². The summed E-state index contributed by atoms with van der Waals surface area (Å²) in [7, 11) is 1.67. The predicted molar refractivity (Wildman–Crippen MR) is 93.4 cm³/mol. The SMILES string of the molecule is CO[C@H]1C[C@@]2(C)[C@@H](CC[C@H]3[C@@H]4CC[C@@H](C#N)[C@@]4(C)CC(=O)[C@@H]32)C[C@@H]1O. The Morgan fingerprint density at radius 1 is 1.20 bits per heavy atom. The number of rotatable bonds is 1. The van der Waals surface area contributed by atoms with Crippen molar-refractivity contribution in [3.05, 3.63) is 0 Å². The Hall–Kier alpha value is -0.920. The molecule has 0 radical (unpaired) electrons. The number of fused-ring (bicyclic) bond motifs is 5.